The van der Waals surface area contributed by atoms with Crippen LogP contribution < -0.4 is 20.5 Å². The Kier molecular flexibility index (Phi) is 3.29. The van der Waals surface area contributed by atoms with E-state index in [9.17, 15) is 9.59 Å². The van der Waals surface area contributed by atoms with E-state index < -0.39 is 0 Å². The van der Waals surface area contributed by atoms with Crippen LogP contribution in [0.3, 0.4) is 0 Å². The first kappa shape index (κ1) is 13.9. The predicted octanol–water partition coefficient (Wildman–Crippen LogP) is 0.748. The van der Waals surface area contributed by atoms with E-state index in [1.54, 1.807) is 22.8 Å². The van der Waals surface area contributed by atoms with Gasteiger partial charge in [-0.25, -0.2) is 9.48 Å². The number of aryl methyl sites for hydroxylation is 1. The molecule has 2 aliphatic rings. The van der Waals surface area contributed by atoms with Gasteiger partial charge in [0.25, 0.3) is 0 Å². The molecule has 2 aliphatic heterocycles. The Morgan fingerprint density at radius 3 is 3.00 bits per heavy atom. The van der Waals surface area contributed by atoms with Crippen LogP contribution in [-0.4, -0.2) is 27.0 Å². The Hall–Kier alpha value is -2.77. The van der Waals surface area contributed by atoms with E-state index in [-0.39, 0.29) is 24.9 Å². The molecule has 3 heterocycles. The van der Waals surface area contributed by atoms with Gasteiger partial charge in [0, 0.05) is 24.7 Å². The van der Waals surface area contributed by atoms with Crippen LogP contribution in [0.1, 0.15) is 18.7 Å². The molecule has 1 aromatic heterocycles. The fourth-order valence-corrected chi connectivity index (χ4v) is 2.86. The summed E-state index contributed by atoms with van der Waals surface area (Å²) in [6, 6.07) is 5.16. The third-order valence-corrected chi connectivity index (χ3v) is 3.98. The highest BCUT2D eigenvalue weighted by Gasteiger charge is 2.19. The molecule has 0 atom stereocenters. The molecule has 4 rings (SSSR count). The van der Waals surface area contributed by atoms with Crippen molar-refractivity contribution in [2.45, 2.75) is 32.4 Å². The van der Waals surface area contributed by atoms with Crippen molar-refractivity contribution in [1.82, 2.24) is 14.3 Å². The van der Waals surface area contributed by atoms with Gasteiger partial charge in [0.1, 0.15) is 12.4 Å². The number of ether oxygens (including phenoxy) is 2. The molecule has 0 fully saturated rings. The molecule has 0 unspecified atom stereocenters. The van der Waals surface area contributed by atoms with Crippen LogP contribution >= 0.6 is 0 Å². The second kappa shape index (κ2) is 5.45. The van der Waals surface area contributed by atoms with Crippen molar-refractivity contribution in [3.05, 3.63) is 34.5 Å². The van der Waals surface area contributed by atoms with Gasteiger partial charge < -0.3 is 14.8 Å². The minimum absolute atomic E-state index is 0.104. The number of benzene rings is 1. The van der Waals surface area contributed by atoms with Gasteiger partial charge in [-0.1, -0.05) is 0 Å². The molecular formula is C15H16N4O4. The Morgan fingerprint density at radius 1 is 1.26 bits per heavy atom. The summed E-state index contributed by atoms with van der Waals surface area (Å²) in [5.41, 5.74) is 0.372. The van der Waals surface area contributed by atoms with E-state index in [4.69, 9.17) is 9.47 Å². The fourth-order valence-electron chi connectivity index (χ4n) is 2.86. The lowest BCUT2D eigenvalue weighted by molar-refractivity contribution is -0.117. The van der Waals surface area contributed by atoms with E-state index in [1.165, 1.54) is 4.68 Å². The van der Waals surface area contributed by atoms with E-state index in [1.807, 2.05) is 0 Å². The number of anilines is 1. The fraction of sp³-hybridized carbons (Fsp3) is 0.400. The minimum atomic E-state index is -0.304. The second-order valence-electron chi connectivity index (χ2n) is 5.58. The molecule has 2 aromatic rings. The van der Waals surface area contributed by atoms with Crippen LogP contribution in [0.5, 0.6) is 11.5 Å². The second-order valence-corrected chi connectivity index (χ2v) is 5.58. The monoisotopic (exact) mass is 316 g/mol. The molecule has 1 amide bonds. The summed E-state index contributed by atoms with van der Waals surface area (Å²) in [6.07, 6.45) is 2.79. The number of amides is 1. The number of fused-ring (bicyclic) bond motifs is 2. The van der Waals surface area contributed by atoms with Gasteiger partial charge in [0.2, 0.25) is 12.7 Å². The van der Waals surface area contributed by atoms with Crippen LogP contribution in [0.4, 0.5) is 5.69 Å². The summed E-state index contributed by atoms with van der Waals surface area (Å²) in [5, 5.41) is 7.00. The van der Waals surface area contributed by atoms with E-state index in [2.05, 4.69) is 10.4 Å². The Morgan fingerprint density at radius 2 is 2.13 bits per heavy atom. The highest BCUT2D eigenvalue weighted by atomic mass is 16.7. The van der Waals surface area contributed by atoms with Crippen LogP contribution in [0.25, 0.3) is 0 Å². The zero-order chi connectivity index (χ0) is 15.8. The molecule has 0 saturated carbocycles. The first-order valence-corrected chi connectivity index (χ1v) is 7.57. The number of hydrogen-bond acceptors (Lipinski definition) is 5. The summed E-state index contributed by atoms with van der Waals surface area (Å²) in [6.45, 7) is 0.758. The van der Waals surface area contributed by atoms with Gasteiger partial charge in [-0.2, -0.15) is 5.10 Å². The lowest BCUT2D eigenvalue weighted by Crippen LogP contribution is -2.30. The summed E-state index contributed by atoms with van der Waals surface area (Å²) < 4.78 is 13.4. The van der Waals surface area contributed by atoms with Crippen molar-refractivity contribution in [3.63, 3.8) is 0 Å². The number of nitrogens with zero attached hydrogens (tertiary/aromatic N) is 3. The van der Waals surface area contributed by atoms with Gasteiger partial charge in [-0.15, -0.1) is 0 Å². The number of nitrogens with one attached hydrogen (secondary N) is 1. The highest BCUT2D eigenvalue weighted by molar-refractivity contribution is 5.90. The van der Waals surface area contributed by atoms with Crippen LogP contribution in [0.2, 0.25) is 0 Å². The van der Waals surface area contributed by atoms with Crippen molar-refractivity contribution in [2.75, 3.05) is 12.1 Å². The van der Waals surface area contributed by atoms with Crippen molar-refractivity contribution < 1.29 is 14.3 Å². The van der Waals surface area contributed by atoms with E-state index >= 15 is 0 Å². The number of rotatable bonds is 3. The lowest BCUT2D eigenvalue weighted by Gasteiger charge is -2.09. The largest absolute Gasteiger partial charge is 0.454 e. The summed E-state index contributed by atoms with van der Waals surface area (Å²) in [4.78, 5) is 24.4. The molecule has 0 bridgehead atoms. The molecule has 1 N–H and O–H groups in total. The SMILES string of the molecule is O=C(Cn1nc2n(c1=O)CCCC2)Nc1ccc2c(c1)OCO2. The average Bonchev–Trinajstić information content (AvgIpc) is 3.12. The van der Waals surface area contributed by atoms with Crippen LogP contribution in [0.15, 0.2) is 23.0 Å². The molecule has 0 aliphatic carbocycles. The van der Waals surface area contributed by atoms with Crippen LogP contribution in [0, 0.1) is 0 Å². The maximum atomic E-state index is 12.2. The third kappa shape index (κ3) is 2.56. The zero-order valence-electron chi connectivity index (χ0n) is 12.4. The molecule has 120 valence electrons. The number of carbonyl (C=O) groups excluding carboxylic acids is 1. The first-order chi connectivity index (χ1) is 11.2. The Bertz CT molecular complexity index is 823. The molecule has 8 heteroatoms. The molecule has 0 saturated heterocycles. The third-order valence-electron chi connectivity index (χ3n) is 3.98. The lowest BCUT2D eigenvalue weighted by atomic mass is 10.2. The zero-order valence-corrected chi connectivity index (χ0v) is 12.4. The van der Waals surface area contributed by atoms with E-state index in [0.29, 0.717) is 23.7 Å². The average molecular weight is 316 g/mol. The molecule has 0 spiro atoms. The summed E-state index contributed by atoms with van der Waals surface area (Å²) in [5.74, 6) is 1.71. The highest BCUT2D eigenvalue weighted by Crippen LogP contribution is 2.34. The van der Waals surface area contributed by atoms with Crippen LogP contribution in [-0.2, 0) is 24.3 Å². The van der Waals surface area contributed by atoms with Crippen molar-refractivity contribution in [3.8, 4) is 11.5 Å². The van der Waals surface area contributed by atoms with Gasteiger partial charge >= 0.3 is 5.69 Å². The van der Waals surface area contributed by atoms with Crippen molar-refractivity contribution in [1.29, 1.82) is 0 Å². The van der Waals surface area contributed by atoms with Crippen molar-refractivity contribution in [2.24, 2.45) is 0 Å². The molecule has 23 heavy (non-hydrogen) atoms. The smallest absolute Gasteiger partial charge is 0.346 e. The maximum absolute atomic E-state index is 12.2. The molecule has 0 radical (unpaired) electrons. The first-order valence-electron chi connectivity index (χ1n) is 7.57. The minimum Gasteiger partial charge on any atom is -0.454 e. The van der Waals surface area contributed by atoms with Gasteiger partial charge in [0.15, 0.2) is 11.5 Å². The summed E-state index contributed by atoms with van der Waals surface area (Å²) >= 11 is 0. The standard InChI is InChI=1S/C15H16N4O4/c20-14(16-10-4-5-11-12(7-10)23-9-22-11)8-19-15(21)18-6-2-1-3-13(18)17-19/h4-5,7H,1-3,6,8-9H2,(H,16,20). The predicted molar refractivity (Wildman–Crippen MR) is 80.6 cm³/mol. The van der Waals surface area contributed by atoms with Gasteiger partial charge in [-0.05, 0) is 25.0 Å². The number of aromatic nitrogens is 3. The summed E-state index contributed by atoms with van der Waals surface area (Å²) in [7, 11) is 0. The number of hydrogen-bond donors (Lipinski definition) is 1. The normalized spacial score (nSPS) is 15.3. The van der Waals surface area contributed by atoms with Crippen molar-refractivity contribution >= 4 is 11.6 Å². The van der Waals surface area contributed by atoms with Gasteiger partial charge in [0.05, 0.1) is 0 Å². The maximum Gasteiger partial charge on any atom is 0.346 e. The van der Waals surface area contributed by atoms with E-state index in [0.717, 1.165) is 25.1 Å². The molecular weight excluding hydrogens is 300 g/mol. The Labute approximate surface area is 131 Å². The quantitative estimate of drug-likeness (QED) is 0.903. The number of carbonyl (C=O) groups is 1. The molecule has 1 aromatic carbocycles. The topological polar surface area (TPSA) is 87.4 Å². The Balaban J connectivity index is 1.48. The van der Waals surface area contributed by atoms with Gasteiger partial charge in [-0.3, -0.25) is 9.36 Å². The molecule has 8 nitrogen and oxygen atoms in total.